The van der Waals surface area contributed by atoms with Gasteiger partial charge in [0, 0.05) is 30.8 Å². The van der Waals surface area contributed by atoms with E-state index in [1.807, 2.05) is 0 Å². The van der Waals surface area contributed by atoms with Crippen molar-refractivity contribution in [2.24, 2.45) is 11.5 Å². The van der Waals surface area contributed by atoms with E-state index in [4.69, 9.17) is 11.5 Å². The zero-order chi connectivity index (χ0) is 26.3. The number of rotatable bonds is 11. The standard InChI is InChI=1S/C21H23BF3N4O6/c23-21(24,25)17-11-15(22(32)33)8-7-14(17)12-28(9-2-1-6-18(26)19(27)30)20(31)13-4-3-5-16(10-13)29(34)35/h4-5,7-8,10-11,18,32-33H,1-2,6,9,12,26H2,(H2,27,30)/t18-/m0/s1. The van der Waals surface area contributed by atoms with Crippen molar-refractivity contribution in [3.8, 4) is 0 Å². The Labute approximate surface area is 198 Å². The maximum absolute atomic E-state index is 13.7. The number of carbonyl (C=O) groups is 2. The molecule has 2 amide bonds. The number of primary amides is 1. The summed E-state index contributed by atoms with van der Waals surface area (Å²) in [6.45, 7) is -0.589. The summed E-state index contributed by atoms with van der Waals surface area (Å²) in [5.74, 6) is -1.49. The quantitative estimate of drug-likeness (QED) is 0.154. The van der Waals surface area contributed by atoms with Gasteiger partial charge in [-0.25, -0.2) is 0 Å². The average Bonchev–Trinajstić information content (AvgIpc) is 2.79. The van der Waals surface area contributed by atoms with Gasteiger partial charge < -0.3 is 26.4 Å². The van der Waals surface area contributed by atoms with Crippen molar-refractivity contribution in [1.29, 1.82) is 0 Å². The molecule has 0 fully saturated rings. The number of benzene rings is 2. The molecule has 0 heterocycles. The summed E-state index contributed by atoms with van der Waals surface area (Å²) in [6, 6.07) is 7.47. The molecule has 0 aliphatic rings. The summed E-state index contributed by atoms with van der Waals surface area (Å²) in [5, 5.41) is 29.5. The maximum Gasteiger partial charge on any atom is 0.488 e. The summed E-state index contributed by atoms with van der Waals surface area (Å²) in [5.41, 5.74) is 8.24. The Morgan fingerprint density at radius 3 is 2.46 bits per heavy atom. The van der Waals surface area contributed by atoms with Crippen molar-refractivity contribution < 1.29 is 37.7 Å². The SMILES string of the molecule is NC(=O)[C@@H](N)CCCCN(Cc1ccc(B(O)O)cc1C(F)(F)F)C(=O)c1c[c]cc([N+](=O)[O-])c1. The van der Waals surface area contributed by atoms with Crippen molar-refractivity contribution in [3.05, 3.63) is 69.3 Å². The van der Waals surface area contributed by atoms with Crippen LogP contribution in [0.4, 0.5) is 18.9 Å². The molecule has 0 saturated carbocycles. The number of hydrogen-bond donors (Lipinski definition) is 4. The molecule has 1 radical (unpaired) electrons. The number of nitrogens with zero attached hydrogens (tertiary/aromatic N) is 2. The second kappa shape index (κ2) is 11.8. The molecule has 2 rings (SSSR count). The summed E-state index contributed by atoms with van der Waals surface area (Å²) in [6.07, 6.45) is -4.09. The number of unbranched alkanes of at least 4 members (excludes halogenated alkanes) is 1. The van der Waals surface area contributed by atoms with Gasteiger partial charge in [-0.15, -0.1) is 0 Å². The molecule has 0 bridgehead atoms. The largest absolute Gasteiger partial charge is 0.488 e. The van der Waals surface area contributed by atoms with Gasteiger partial charge in [-0.2, -0.15) is 13.2 Å². The van der Waals surface area contributed by atoms with Crippen molar-refractivity contribution >= 4 is 30.1 Å². The van der Waals surface area contributed by atoms with Crippen LogP contribution in [0, 0.1) is 16.2 Å². The lowest BCUT2D eigenvalue weighted by molar-refractivity contribution is -0.384. The molecule has 0 aromatic heterocycles. The van der Waals surface area contributed by atoms with Crippen LogP contribution in [0.15, 0.2) is 36.4 Å². The number of nitrogens with two attached hydrogens (primary N) is 2. The maximum atomic E-state index is 13.7. The van der Waals surface area contributed by atoms with Crippen LogP contribution in [-0.2, 0) is 17.5 Å². The zero-order valence-electron chi connectivity index (χ0n) is 18.4. The molecule has 0 aliphatic heterocycles. The molecule has 6 N–H and O–H groups in total. The van der Waals surface area contributed by atoms with Gasteiger partial charge in [0.1, 0.15) is 0 Å². The van der Waals surface area contributed by atoms with Crippen LogP contribution < -0.4 is 16.9 Å². The molecule has 2 aromatic rings. The van der Waals surface area contributed by atoms with Crippen molar-refractivity contribution in [2.75, 3.05) is 6.54 Å². The van der Waals surface area contributed by atoms with Crippen molar-refractivity contribution in [2.45, 2.75) is 38.0 Å². The predicted octanol–water partition coefficient (Wildman–Crippen LogP) is 0.719. The first-order valence-corrected chi connectivity index (χ1v) is 10.4. The van der Waals surface area contributed by atoms with E-state index in [0.717, 1.165) is 29.2 Å². The highest BCUT2D eigenvalue weighted by Crippen LogP contribution is 2.32. The third-order valence-corrected chi connectivity index (χ3v) is 5.18. The number of amides is 2. The van der Waals surface area contributed by atoms with E-state index in [-0.39, 0.29) is 36.0 Å². The van der Waals surface area contributed by atoms with Crippen LogP contribution in [0.1, 0.15) is 40.7 Å². The number of hydrogen-bond acceptors (Lipinski definition) is 7. The number of nitro groups is 1. The van der Waals surface area contributed by atoms with E-state index >= 15 is 0 Å². The molecule has 2 aromatic carbocycles. The normalized spacial score (nSPS) is 12.2. The minimum Gasteiger partial charge on any atom is -0.423 e. The first-order chi connectivity index (χ1) is 16.3. The molecule has 1 atom stereocenters. The monoisotopic (exact) mass is 495 g/mol. The number of halogens is 3. The number of nitro benzene ring substituents is 1. The van der Waals surface area contributed by atoms with Crippen molar-refractivity contribution in [3.63, 3.8) is 0 Å². The molecular weight excluding hydrogens is 472 g/mol. The lowest BCUT2D eigenvalue weighted by Gasteiger charge is -2.25. The van der Waals surface area contributed by atoms with Gasteiger partial charge in [-0.1, -0.05) is 12.1 Å². The van der Waals surface area contributed by atoms with E-state index in [9.17, 15) is 42.9 Å². The summed E-state index contributed by atoms with van der Waals surface area (Å²) in [4.78, 5) is 35.6. The third-order valence-electron chi connectivity index (χ3n) is 5.18. The van der Waals surface area contributed by atoms with Crippen LogP contribution in [0.3, 0.4) is 0 Å². The van der Waals surface area contributed by atoms with Gasteiger partial charge in [0.05, 0.1) is 16.5 Å². The van der Waals surface area contributed by atoms with E-state index in [2.05, 4.69) is 6.07 Å². The van der Waals surface area contributed by atoms with Gasteiger partial charge >= 0.3 is 13.3 Å². The highest BCUT2D eigenvalue weighted by atomic mass is 19.4. The second-order valence-electron chi connectivity index (χ2n) is 7.76. The molecule has 0 spiro atoms. The summed E-state index contributed by atoms with van der Waals surface area (Å²) in [7, 11) is -2.13. The van der Waals surface area contributed by atoms with Gasteiger partial charge in [-0.05, 0) is 48.5 Å². The Kier molecular flexibility index (Phi) is 9.34. The molecule has 187 valence electrons. The number of alkyl halides is 3. The van der Waals surface area contributed by atoms with Gasteiger partial charge in [-0.3, -0.25) is 19.7 Å². The fraction of sp³-hybridized carbons (Fsp3) is 0.333. The molecule has 10 nitrogen and oxygen atoms in total. The molecule has 0 saturated heterocycles. The smallest absolute Gasteiger partial charge is 0.423 e. The number of non-ortho nitro benzene ring substituents is 1. The fourth-order valence-electron chi connectivity index (χ4n) is 3.29. The summed E-state index contributed by atoms with van der Waals surface area (Å²) >= 11 is 0. The van der Waals surface area contributed by atoms with Crippen LogP contribution in [0.25, 0.3) is 0 Å². The van der Waals surface area contributed by atoms with E-state index in [1.165, 1.54) is 6.07 Å². The molecular formula is C21H23BF3N4O6. The Morgan fingerprint density at radius 2 is 1.89 bits per heavy atom. The molecule has 14 heteroatoms. The van der Waals surface area contributed by atoms with Crippen LogP contribution >= 0.6 is 0 Å². The fourth-order valence-corrected chi connectivity index (χ4v) is 3.29. The van der Waals surface area contributed by atoms with E-state index in [1.54, 1.807) is 0 Å². The van der Waals surface area contributed by atoms with Gasteiger partial charge in [0.2, 0.25) is 5.91 Å². The van der Waals surface area contributed by atoms with Crippen LogP contribution in [0.5, 0.6) is 0 Å². The first-order valence-electron chi connectivity index (χ1n) is 10.4. The Bertz CT molecular complexity index is 1080. The summed E-state index contributed by atoms with van der Waals surface area (Å²) < 4.78 is 41.0. The zero-order valence-corrected chi connectivity index (χ0v) is 18.4. The van der Waals surface area contributed by atoms with Gasteiger partial charge in [0.25, 0.3) is 11.6 Å². The van der Waals surface area contributed by atoms with Gasteiger partial charge in [0.15, 0.2) is 0 Å². The lowest BCUT2D eigenvalue weighted by Crippen LogP contribution is -2.37. The Hall–Kier alpha value is -3.49. The average molecular weight is 495 g/mol. The second-order valence-corrected chi connectivity index (χ2v) is 7.76. The number of carbonyl (C=O) groups excluding carboxylic acids is 2. The minimum absolute atomic E-state index is 0.0608. The third kappa shape index (κ3) is 7.77. The Morgan fingerprint density at radius 1 is 1.20 bits per heavy atom. The minimum atomic E-state index is -4.86. The lowest BCUT2D eigenvalue weighted by atomic mass is 9.78. The first kappa shape index (κ1) is 27.8. The predicted molar refractivity (Wildman–Crippen MR) is 119 cm³/mol. The Balaban J connectivity index is 2.37. The van der Waals surface area contributed by atoms with E-state index in [0.29, 0.717) is 12.5 Å². The highest BCUT2D eigenvalue weighted by Gasteiger charge is 2.35. The van der Waals surface area contributed by atoms with Crippen LogP contribution in [-0.4, -0.2) is 51.4 Å². The van der Waals surface area contributed by atoms with Crippen molar-refractivity contribution in [1.82, 2.24) is 4.90 Å². The van der Waals surface area contributed by atoms with Crippen LogP contribution in [0.2, 0.25) is 0 Å². The molecule has 0 unspecified atom stereocenters. The highest BCUT2D eigenvalue weighted by molar-refractivity contribution is 6.58. The topological polar surface area (TPSA) is 173 Å². The van der Waals surface area contributed by atoms with E-state index < -0.39 is 53.9 Å². The molecule has 35 heavy (non-hydrogen) atoms. The molecule has 0 aliphatic carbocycles.